The lowest BCUT2D eigenvalue weighted by atomic mass is 10.0. The molecule has 1 N–H and O–H groups in total. The minimum absolute atomic E-state index is 0.0472. The predicted molar refractivity (Wildman–Crippen MR) is 108 cm³/mol. The second-order valence-electron chi connectivity index (χ2n) is 6.43. The van der Waals surface area contributed by atoms with Crippen LogP contribution in [-0.4, -0.2) is 55.3 Å². The quantitative estimate of drug-likeness (QED) is 0.754. The van der Waals surface area contributed by atoms with Gasteiger partial charge in [-0.2, -0.15) is 0 Å². The fourth-order valence-electron chi connectivity index (χ4n) is 3.08. The maximum absolute atomic E-state index is 12.6. The summed E-state index contributed by atoms with van der Waals surface area (Å²) in [5.41, 5.74) is 1.00. The van der Waals surface area contributed by atoms with Gasteiger partial charge in [-0.25, -0.2) is 18.1 Å². The molecule has 1 atom stereocenters. The van der Waals surface area contributed by atoms with E-state index in [0.717, 1.165) is 40.7 Å². The van der Waals surface area contributed by atoms with Crippen LogP contribution in [0.1, 0.15) is 24.3 Å². The van der Waals surface area contributed by atoms with Crippen molar-refractivity contribution in [3.05, 3.63) is 29.3 Å². The molecule has 26 heavy (non-hydrogen) atoms. The van der Waals surface area contributed by atoms with Gasteiger partial charge in [-0.3, -0.25) is 4.79 Å². The minimum atomic E-state index is -3.24. The number of carbonyl (C=O) groups excluding carboxylic acids is 1. The number of nitrogens with zero attached hydrogens (tertiary/aromatic N) is 2. The molecule has 9 heteroatoms. The number of fused-ring (bicyclic) bond motifs is 1. The number of nitrogens with one attached hydrogen (secondary N) is 1. The molecule has 0 aliphatic carbocycles. The summed E-state index contributed by atoms with van der Waals surface area (Å²) >= 11 is 3.23. The Labute approximate surface area is 162 Å². The number of benzene rings is 1. The van der Waals surface area contributed by atoms with Crippen LogP contribution in [0.15, 0.2) is 24.3 Å². The molecule has 2 heterocycles. The van der Waals surface area contributed by atoms with Crippen molar-refractivity contribution in [1.82, 2.24) is 14.6 Å². The molecule has 0 radical (unpaired) electrons. The number of carbonyl (C=O) groups is 1. The van der Waals surface area contributed by atoms with Gasteiger partial charge in [-0.15, -0.1) is 23.1 Å². The number of thioether (sulfide) groups is 1. The van der Waals surface area contributed by atoms with Crippen LogP contribution in [0.2, 0.25) is 0 Å². The van der Waals surface area contributed by atoms with Gasteiger partial charge in [0.2, 0.25) is 15.9 Å². The van der Waals surface area contributed by atoms with Crippen molar-refractivity contribution >= 4 is 49.2 Å². The first kappa shape index (κ1) is 19.6. The van der Waals surface area contributed by atoms with Crippen molar-refractivity contribution in [3.8, 4) is 0 Å². The zero-order valence-electron chi connectivity index (χ0n) is 14.7. The first-order valence-electron chi connectivity index (χ1n) is 8.59. The monoisotopic (exact) mass is 413 g/mol. The third kappa shape index (κ3) is 5.42. The molecule has 1 amide bonds. The normalized spacial score (nSPS) is 18.3. The molecule has 0 bridgehead atoms. The fourth-order valence-corrected chi connectivity index (χ4v) is 5.50. The van der Waals surface area contributed by atoms with Crippen molar-refractivity contribution in [1.29, 1.82) is 0 Å². The van der Waals surface area contributed by atoms with E-state index in [1.807, 2.05) is 23.1 Å². The maximum atomic E-state index is 12.6. The second-order valence-corrected chi connectivity index (χ2v) is 10.4. The van der Waals surface area contributed by atoms with Crippen LogP contribution in [0.3, 0.4) is 0 Å². The van der Waals surface area contributed by atoms with Crippen LogP contribution >= 0.6 is 23.1 Å². The first-order chi connectivity index (χ1) is 12.4. The van der Waals surface area contributed by atoms with Crippen molar-refractivity contribution in [2.75, 3.05) is 25.1 Å². The van der Waals surface area contributed by atoms with E-state index < -0.39 is 10.0 Å². The number of amides is 1. The summed E-state index contributed by atoms with van der Waals surface area (Å²) in [6.45, 7) is 1.00. The molecule has 2 aromatic rings. The van der Waals surface area contributed by atoms with Gasteiger partial charge in [0.1, 0.15) is 5.01 Å². The number of rotatable bonds is 7. The molecule has 1 fully saturated rings. The summed E-state index contributed by atoms with van der Waals surface area (Å²) in [5.74, 6) is 1.19. The van der Waals surface area contributed by atoms with Gasteiger partial charge >= 0.3 is 0 Å². The van der Waals surface area contributed by atoms with Gasteiger partial charge in [0.25, 0.3) is 0 Å². The van der Waals surface area contributed by atoms with E-state index in [0.29, 0.717) is 24.6 Å². The van der Waals surface area contributed by atoms with Gasteiger partial charge in [0, 0.05) is 24.9 Å². The highest BCUT2D eigenvalue weighted by atomic mass is 32.2. The highest BCUT2D eigenvalue weighted by molar-refractivity contribution is 7.99. The van der Waals surface area contributed by atoms with Crippen LogP contribution in [0.5, 0.6) is 0 Å². The van der Waals surface area contributed by atoms with E-state index in [1.165, 1.54) is 0 Å². The summed E-state index contributed by atoms with van der Waals surface area (Å²) in [5, 5.41) is 1.03. The number of likely N-dealkylation sites (tertiary alicyclic amines) is 1. The molecule has 0 saturated carbocycles. The molecular weight excluding hydrogens is 390 g/mol. The lowest BCUT2D eigenvalue weighted by Crippen LogP contribution is -2.49. The summed E-state index contributed by atoms with van der Waals surface area (Å²) in [6, 6.07) is 7.98. The molecule has 1 saturated heterocycles. The van der Waals surface area contributed by atoms with Crippen LogP contribution in [0, 0.1) is 0 Å². The number of hydrogen-bond donors (Lipinski definition) is 1. The van der Waals surface area contributed by atoms with Crippen molar-refractivity contribution in [3.63, 3.8) is 0 Å². The predicted octanol–water partition coefficient (Wildman–Crippen LogP) is 2.46. The third-order valence-corrected chi connectivity index (χ3v) is 7.16. The zero-order chi connectivity index (χ0) is 18.6. The van der Waals surface area contributed by atoms with Crippen LogP contribution in [0.25, 0.3) is 10.2 Å². The molecular formula is C17H23N3O3S3. The molecule has 1 aliphatic heterocycles. The largest absolute Gasteiger partial charge is 0.338 e. The Balaban J connectivity index is 1.52. The Kier molecular flexibility index (Phi) is 6.55. The first-order valence-corrected chi connectivity index (χ1v) is 12.4. The SMILES string of the molecule is CS(=O)(=O)NCC1CCCCN1C(=O)CSCc1nc2ccccc2s1. The highest BCUT2D eigenvalue weighted by Gasteiger charge is 2.27. The van der Waals surface area contributed by atoms with E-state index in [-0.39, 0.29) is 11.9 Å². The van der Waals surface area contributed by atoms with Crippen LogP contribution < -0.4 is 4.72 Å². The van der Waals surface area contributed by atoms with E-state index in [2.05, 4.69) is 15.8 Å². The second kappa shape index (κ2) is 8.69. The lowest BCUT2D eigenvalue weighted by molar-refractivity contribution is -0.131. The molecule has 1 aromatic carbocycles. The number of piperidine rings is 1. The van der Waals surface area contributed by atoms with Gasteiger partial charge < -0.3 is 4.90 Å². The standard InChI is InChI=1S/C17H23N3O3S3/c1-26(22,23)18-10-13-6-4-5-9-20(13)17(21)12-24-11-16-19-14-7-2-3-8-15(14)25-16/h2-3,7-8,13,18H,4-6,9-12H2,1H3. The molecule has 3 rings (SSSR count). The Morgan fingerprint density at radius 3 is 2.96 bits per heavy atom. The van der Waals surface area contributed by atoms with Gasteiger partial charge in [-0.05, 0) is 31.4 Å². The Hall–Kier alpha value is -1.16. The molecule has 1 unspecified atom stereocenters. The summed E-state index contributed by atoms with van der Waals surface area (Å²) in [6.07, 6.45) is 4.00. The number of thiazole rings is 1. The molecule has 1 aliphatic rings. The smallest absolute Gasteiger partial charge is 0.232 e. The van der Waals surface area contributed by atoms with Crippen LogP contribution in [0.4, 0.5) is 0 Å². The number of aromatic nitrogens is 1. The Morgan fingerprint density at radius 2 is 2.19 bits per heavy atom. The molecule has 0 spiro atoms. The van der Waals surface area contributed by atoms with E-state index in [1.54, 1.807) is 23.1 Å². The van der Waals surface area contributed by atoms with Crippen molar-refractivity contribution in [2.24, 2.45) is 0 Å². The number of sulfonamides is 1. The average molecular weight is 414 g/mol. The minimum Gasteiger partial charge on any atom is -0.338 e. The van der Waals surface area contributed by atoms with E-state index in [4.69, 9.17) is 0 Å². The van der Waals surface area contributed by atoms with E-state index in [9.17, 15) is 13.2 Å². The topological polar surface area (TPSA) is 79.4 Å². The zero-order valence-corrected chi connectivity index (χ0v) is 17.1. The average Bonchev–Trinajstić information content (AvgIpc) is 3.02. The Morgan fingerprint density at radius 1 is 1.38 bits per heavy atom. The van der Waals surface area contributed by atoms with Crippen LogP contribution in [-0.2, 0) is 20.6 Å². The summed E-state index contributed by atoms with van der Waals surface area (Å²) < 4.78 is 26.4. The van der Waals surface area contributed by atoms with Gasteiger partial charge in [-0.1, -0.05) is 12.1 Å². The highest BCUT2D eigenvalue weighted by Crippen LogP contribution is 2.25. The number of para-hydroxylation sites is 1. The molecule has 1 aromatic heterocycles. The van der Waals surface area contributed by atoms with E-state index >= 15 is 0 Å². The molecule has 142 valence electrons. The fraction of sp³-hybridized carbons (Fsp3) is 0.529. The number of hydrogen-bond acceptors (Lipinski definition) is 6. The Bertz CT molecular complexity index is 833. The maximum Gasteiger partial charge on any atom is 0.232 e. The third-order valence-electron chi connectivity index (χ3n) is 4.32. The molecule has 6 nitrogen and oxygen atoms in total. The van der Waals surface area contributed by atoms with Gasteiger partial charge in [0.15, 0.2) is 0 Å². The lowest BCUT2D eigenvalue weighted by Gasteiger charge is -2.35. The van der Waals surface area contributed by atoms with Gasteiger partial charge in [0.05, 0.1) is 22.2 Å². The summed E-state index contributed by atoms with van der Waals surface area (Å²) in [4.78, 5) is 19.0. The van der Waals surface area contributed by atoms with Crippen molar-refractivity contribution in [2.45, 2.75) is 31.1 Å². The van der Waals surface area contributed by atoms with Crippen molar-refractivity contribution < 1.29 is 13.2 Å². The summed E-state index contributed by atoms with van der Waals surface area (Å²) in [7, 11) is -3.24.